The van der Waals surface area contributed by atoms with Crippen LogP contribution in [0, 0.1) is 19.8 Å². The van der Waals surface area contributed by atoms with Gasteiger partial charge in [-0.2, -0.15) is 0 Å². The maximum atomic E-state index is 14.3. The average molecular weight is 710 g/mol. The highest BCUT2D eigenvalue weighted by atomic mass is 32.1. The Morgan fingerprint density at radius 1 is 0.692 bits per heavy atom. The first-order valence-corrected chi connectivity index (χ1v) is 18.3. The minimum atomic E-state index is -0.458. The Hall–Kier alpha value is -5.57. The number of carbonyl (C=O) groups is 3. The van der Waals surface area contributed by atoms with Crippen molar-refractivity contribution < 1.29 is 28.6 Å². The fourth-order valence-electron chi connectivity index (χ4n) is 6.32. The molecule has 1 unspecified atom stereocenters. The number of esters is 2. The summed E-state index contributed by atoms with van der Waals surface area (Å²) < 4.78 is 18.2. The molecule has 1 atom stereocenters. The lowest BCUT2D eigenvalue weighted by molar-refractivity contribution is 0.0725. The van der Waals surface area contributed by atoms with Crippen molar-refractivity contribution in [3.63, 3.8) is 0 Å². The normalized spacial score (nSPS) is 14.3. The molecule has 262 valence electrons. The van der Waals surface area contributed by atoms with Crippen LogP contribution in [0.3, 0.4) is 0 Å². The number of rotatable bonds is 11. The Morgan fingerprint density at radius 2 is 1.25 bits per heavy atom. The van der Waals surface area contributed by atoms with E-state index in [0.717, 1.165) is 63.0 Å². The summed E-state index contributed by atoms with van der Waals surface area (Å²) in [6.45, 7) is 9.87. The maximum Gasteiger partial charge on any atom is 0.343 e. The van der Waals surface area contributed by atoms with Gasteiger partial charge in [0.2, 0.25) is 0 Å². The molecule has 1 saturated heterocycles. The van der Waals surface area contributed by atoms with Crippen LogP contribution in [-0.4, -0.2) is 48.9 Å². The lowest BCUT2D eigenvalue weighted by Crippen LogP contribution is -2.25. The number of ketones is 1. The molecule has 0 radical (unpaired) electrons. The molecule has 6 aromatic rings. The van der Waals surface area contributed by atoms with E-state index in [1.807, 2.05) is 68.4 Å². The van der Waals surface area contributed by atoms with Gasteiger partial charge in [0.05, 0.1) is 11.1 Å². The summed E-state index contributed by atoms with van der Waals surface area (Å²) in [5.74, 6) is 1.17. The monoisotopic (exact) mass is 709 g/mol. The Bertz CT molecular complexity index is 2220. The van der Waals surface area contributed by atoms with Crippen molar-refractivity contribution in [3.8, 4) is 27.7 Å². The van der Waals surface area contributed by atoms with Crippen molar-refractivity contribution >= 4 is 39.1 Å². The Kier molecular flexibility index (Phi) is 10.3. The van der Waals surface area contributed by atoms with E-state index >= 15 is 0 Å². The molecule has 1 aliphatic rings. The van der Waals surface area contributed by atoms with Crippen LogP contribution in [0.2, 0.25) is 0 Å². The van der Waals surface area contributed by atoms with Crippen molar-refractivity contribution in [2.45, 2.75) is 27.2 Å². The van der Waals surface area contributed by atoms with E-state index in [0.29, 0.717) is 40.4 Å². The number of hydrogen-bond donors (Lipinski definition) is 0. The fraction of sp³-hybridized carbons (Fsp3) is 0.205. The van der Waals surface area contributed by atoms with E-state index in [9.17, 15) is 14.4 Å². The topological polar surface area (TPSA) is 82.1 Å². The number of hydrogen-bond acceptors (Lipinski definition) is 8. The molecular formula is C44H39NO6S. The maximum absolute atomic E-state index is 14.3. The van der Waals surface area contributed by atoms with Gasteiger partial charge in [-0.25, -0.2) is 9.59 Å². The number of benzene rings is 5. The highest BCUT2D eigenvalue weighted by molar-refractivity contribution is 7.22. The van der Waals surface area contributed by atoms with Crippen molar-refractivity contribution in [3.05, 3.63) is 149 Å². The van der Waals surface area contributed by atoms with Crippen molar-refractivity contribution in [1.29, 1.82) is 0 Å². The SMILES string of the molecule is Cc1ccc(C(=O)Oc2ccc(-c3sc4cc(OC(=O)c5ccc(C)cc5)ccc4c3C(=O)c3ccc(OCCN4CCC(C)C4)cc3)cc2)cc1. The van der Waals surface area contributed by atoms with E-state index in [-0.39, 0.29) is 5.78 Å². The Morgan fingerprint density at radius 3 is 1.85 bits per heavy atom. The average Bonchev–Trinajstić information content (AvgIpc) is 3.75. The molecule has 52 heavy (non-hydrogen) atoms. The van der Waals surface area contributed by atoms with Gasteiger partial charge in [-0.05, 0) is 129 Å². The molecule has 0 N–H and O–H groups in total. The smallest absolute Gasteiger partial charge is 0.343 e. The number of carbonyl (C=O) groups excluding carboxylic acids is 3. The number of likely N-dealkylation sites (tertiary alicyclic amines) is 1. The van der Waals surface area contributed by atoms with E-state index < -0.39 is 11.9 Å². The summed E-state index contributed by atoms with van der Waals surface area (Å²) in [5.41, 5.74) is 4.87. The second-order valence-electron chi connectivity index (χ2n) is 13.4. The Labute approximate surface area is 307 Å². The summed E-state index contributed by atoms with van der Waals surface area (Å²) in [4.78, 5) is 43.2. The predicted octanol–water partition coefficient (Wildman–Crippen LogP) is 9.58. The van der Waals surface area contributed by atoms with Crippen LogP contribution in [0.4, 0.5) is 0 Å². The summed E-state index contributed by atoms with van der Waals surface area (Å²) in [5, 5.41) is 0.746. The summed E-state index contributed by atoms with van der Waals surface area (Å²) in [7, 11) is 0. The molecule has 7 nitrogen and oxygen atoms in total. The highest BCUT2D eigenvalue weighted by Gasteiger charge is 2.23. The van der Waals surface area contributed by atoms with Gasteiger partial charge >= 0.3 is 11.9 Å². The molecule has 2 heterocycles. The minimum absolute atomic E-state index is 0.141. The van der Waals surface area contributed by atoms with Crippen LogP contribution >= 0.6 is 11.3 Å². The first-order valence-electron chi connectivity index (χ1n) is 17.4. The van der Waals surface area contributed by atoms with Gasteiger partial charge in [0.25, 0.3) is 0 Å². The number of thiophene rings is 1. The van der Waals surface area contributed by atoms with Gasteiger partial charge in [0, 0.05) is 39.2 Å². The van der Waals surface area contributed by atoms with Gasteiger partial charge in [-0.15, -0.1) is 11.3 Å². The van der Waals surface area contributed by atoms with Crippen LogP contribution in [0.25, 0.3) is 20.5 Å². The molecule has 1 fully saturated rings. The lowest BCUT2D eigenvalue weighted by atomic mass is 9.97. The molecule has 1 aromatic heterocycles. The lowest BCUT2D eigenvalue weighted by Gasteiger charge is -2.15. The van der Waals surface area contributed by atoms with Crippen LogP contribution in [-0.2, 0) is 0 Å². The minimum Gasteiger partial charge on any atom is -0.492 e. The summed E-state index contributed by atoms with van der Waals surface area (Å²) in [6, 6.07) is 34.2. The molecule has 0 spiro atoms. The fourth-order valence-corrected chi connectivity index (χ4v) is 7.56. The second kappa shape index (κ2) is 15.4. The molecule has 0 bridgehead atoms. The quantitative estimate of drug-likeness (QED) is 0.0753. The third-order valence-electron chi connectivity index (χ3n) is 9.30. The predicted molar refractivity (Wildman–Crippen MR) is 205 cm³/mol. The number of aryl methyl sites for hydroxylation is 2. The molecule has 8 heteroatoms. The standard InChI is InChI=1S/C44H39NO6S/c1-28-4-8-33(9-5-28)43(47)50-36-18-14-32(15-19-36)42-40(41(46)31-12-16-35(17-13-31)49-25-24-45-23-22-30(3)27-45)38-21-20-37(26-39(38)52-42)51-44(48)34-10-6-29(2)7-11-34/h4-21,26,30H,22-25,27H2,1-3H3. The first-order chi connectivity index (χ1) is 25.2. The van der Waals surface area contributed by atoms with Crippen LogP contribution in [0.5, 0.6) is 17.2 Å². The van der Waals surface area contributed by atoms with Crippen molar-refractivity contribution in [2.24, 2.45) is 5.92 Å². The third kappa shape index (κ3) is 7.99. The van der Waals surface area contributed by atoms with E-state index in [2.05, 4.69) is 11.8 Å². The van der Waals surface area contributed by atoms with Crippen molar-refractivity contribution in [1.82, 2.24) is 4.90 Å². The summed E-state index contributed by atoms with van der Waals surface area (Å²) >= 11 is 1.43. The van der Waals surface area contributed by atoms with Crippen LogP contribution < -0.4 is 14.2 Å². The third-order valence-corrected chi connectivity index (χ3v) is 10.5. The van der Waals surface area contributed by atoms with Crippen LogP contribution in [0.15, 0.2) is 115 Å². The van der Waals surface area contributed by atoms with Gasteiger partial charge in [0.1, 0.15) is 23.9 Å². The van der Waals surface area contributed by atoms with Gasteiger partial charge in [-0.3, -0.25) is 9.69 Å². The molecule has 0 aliphatic carbocycles. The second-order valence-corrected chi connectivity index (χ2v) is 14.4. The number of fused-ring (bicyclic) bond motifs is 1. The zero-order valence-electron chi connectivity index (χ0n) is 29.4. The molecule has 7 rings (SSSR count). The van der Waals surface area contributed by atoms with Gasteiger partial charge in [0.15, 0.2) is 5.78 Å². The first kappa shape index (κ1) is 34.9. The number of ether oxygens (including phenoxy) is 3. The number of nitrogens with zero attached hydrogens (tertiary/aromatic N) is 1. The van der Waals surface area contributed by atoms with E-state index in [1.165, 1.54) is 17.8 Å². The van der Waals surface area contributed by atoms with Crippen LogP contribution in [0.1, 0.15) is 61.1 Å². The highest BCUT2D eigenvalue weighted by Crippen LogP contribution is 2.42. The summed E-state index contributed by atoms with van der Waals surface area (Å²) in [6.07, 6.45) is 1.22. The largest absolute Gasteiger partial charge is 0.492 e. The molecule has 0 amide bonds. The molecule has 5 aromatic carbocycles. The molecule has 1 aliphatic heterocycles. The van der Waals surface area contributed by atoms with E-state index in [1.54, 1.807) is 60.7 Å². The zero-order chi connectivity index (χ0) is 36.2. The molecular weight excluding hydrogens is 671 g/mol. The zero-order valence-corrected chi connectivity index (χ0v) is 30.2. The van der Waals surface area contributed by atoms with Gasteiger partial charge < -0.3 is 14.2 Å². The van der Waals surface area contributed by atoms with Gasteiger partial charge in [-0.1, -0.05) is 42.3 Å². The Balaban J connectivity index is 1.15. The van der Waals surface area contributed by atoms with Crippen molar-refractivity contribution in [2.75, 3.05) is 26.2 Å². The molecule has 0 saturated carbocycles. The van der Waals surface area contributed by atoms with E-state index in [4.69, 9.17) is 14.2 Å².